The molecule has 1 fully saturated rings. The summed E-state index contributed by atoms with van der Waals surface area (Å²) in [5.41, 5.74) is 2.98. The summed E-state index contributed by atoms with van der Waals surface area (Å²) < 4.78 is 24.7. The Hall–Kier alpha value is -2.58. The van der Waals surface area contributed by atoms with Crippen LogP contribution in [0.25, 0.3) is 22.4 Å². The van der Waals surface area contributed by atoms with Gasteiger partial charge in [0.05, 0.1) is 5.56 Å². The van der Waals surface area contributed by atoms with Crippen molar-refractivity contribution in [3.05, 3.63) is 34.9 Å². The monoisotopic (exact) mass is 457 g/mol. The van der Waals surface area contributed by atoms with E-state index in [9.17, 15) is 4.39 Å². The first-order valence-corrected chi connectivity index (χ1v) is 11.6. The fourth-order valence-electron chi connectivity index (χ4n) is 4.48. The maximum Gasteiger partial charge on any atom is 0.261 e. The second kappa shape index (κ2) is 11.0. The molecule has 0 amide bonds. The molecule has 0 bridgehead atoms. The predicted molar refractivity (Wildman–Crippen MR) is 130 cm³/mol. The summed E-state index contributed by atoms with van der Waals surface area (Å²) in [4.78, 5) is 11.6. The van der Waals surface area contributed by atoms with Gasteiger partial charge in [0.25, 0.3) is 5.89 Å². The minimum absolute atomic E-state index is 0.258. The third-order valence-corrected chi connectivity index (χ3v) is 6.00. The molecule has 0 radical (unpaired) electrons. The number of aromatic nitrogens is 3. The molecule has 3 aromatic rings. The summed E-state index contributed by atoms with van der Waals surface area (Å²) in [6.07, 6.45) is 3.15. The van der Waals surface area contributed by atoms with Crippen LogP contribution in [-0.4, -0.2) is 54.5 Å². The lowest BCUT2D eigenvalue weighted by Crippen LogP contribution is -2.48. The van der Waals surface area contributed by atoms with Crippen molar-refractivity contribution in [3.8, 4) is 11.5 Å². The Balaban J connectivity index is 0.000000968. The lowest BCUT2D eigenvalue weighted by Gasteiger charge is -2.39. The van der Waals surface area contributed by atoms with Crippen molar-refractivity contribution in [2.75, 3.05) is 32.2 Å². The number of fused-ring (bicyclic) bond motifs is 1. The molecule has 0 aliphatic carbocycles. The van der Waals surface area contributed by atoms with Gasteiger partial charge in [-0.2, -0.15) is 4.98 Å². The molecule has 1 aromatic carbocycles. The molecule has 33 heavy (non-hydrogen) atoms. The Morgan fingerprint density at radius 2 is 1.94 bits per heavy atom. The van der Waals surface area contributed by atoms with Crippen molar-refractivity contribution < 1.29 is 13.7 Å². The molecule has 8 heteroatoms. The van der Waals surface area contributed by atoms with E-state index in [0.29, 0.717) is 23.3 Å². The van der Waals surface area contributed by atoms with Crippen molar-refractivity contribution >= 4 is 16.7 Å². The van der Waals surface area contributed by atoms with Gasteiger partial charge in [0.1, 0.15) is 17.2 Å². The Bertz CT molecular complexity index is 1080. The zero-order valence-electron chi connectivity index (χ0n) is 20.8. The van der Waals surface area contributed by atoms with Crippen LogP contribution in [0, 0.1) is 26.6 Å². The quantitative estimate of drug-likeness (QED) is 0.580. The number of aryl methyl sites for hydroxylation is 3. The highest BCUT2D eigenvalue weighted by atomic mass is 19.1. The Kier molecular flexibility index (Phi) is 8.37. The molecule has 1 aliphatic rings. The third kappa shape index (κ3) is 5.50. The number of hydrogen-bond acceptors (Lipinski definition) is 7. The number of rotatable bonds is 5. The SMILES string of the molecule is CCCNC1CCN(c2nc3c(F)cc(C)cc3c(C)c2-c2nc(C)no2)C(C)C1.COC. The maximum absolute atomic E-state index is 14.9. The Labute approximate surface area is 195 Å². The Morgan fingerprint density at radius 3 is 2.55 bits per heavy atom. The zero-order valence-corrected chi connectivity index (χ0v) is 20.8. The topological polar surface area (TPSA) is 76.3 Å². The number of nitrogens with one attached hydrogen (secondary N) is 1. The molecule has 2 atom stereocenters. The molecule has 3 heterocycles. The Morgan fingerprint density at radius 1 is 1.21 bits per heavy atom. The number of pyridine rings is 1. The van der Waals surface area contributed by atoms with Crippen molar-refractivity contribution in [1.82, 2.24) is 20.4 Å². The average Bonchev–Trinajstić information content (AvgIpc) is 3.19. The number of piperidine rings is 1. The summed E-state index contributed by atoms with van der Waals surface area (Å²) >= 11 is 0. The molecule has 2 unspecified atom stereocenters. The van der Waals surface area contributed by atoms with E-state index in [1.54, 1.807) is 27.2 Å². The van der Waals surface area contributed by atoms with Gasteiger partial charge in [-0.25, -0.2) is 9.37 Å². The number of halogens is 1. The summed E-state index contributed by atoms with van der Waals surface area (Å²) in [5, 5.41) is 8.40. The van der Waals surface area contributed by atoms with Crippen LogP contribution in [0.2, 0.25) is 0 Å². The fraction of sp³-hybridized carbons (Fsp3) is 0.560. The van der Waals surface area contributed by atoms with E-state index in [1.165, 1.54) is 0 Å². The number of nitrogens with zero attached hydrogens (tertiary/aromatic N) is 4. The van der Waals surface area contributed by atoms with Crippen LogP contribution in [0.5, 0.6) is 0 Å². The fourth-order valence-corrected chi connectivity index (χ4v) is 4.48. The molecule has 4 rings (SSSR count). The van der Waals surface area contributed by atoms with Crippen LogP contribution in [0.1, 0.15) is 50.1 Å². The smallest absolute Gasteiger partial charge is 0.261 e. The molecule has 1 N–H and O–H groups in total. The molecule has 2 aromatic heterocycles. The lowest BCUT2D eigenvalue weighted by molar-refractivity contribution is 0.277. The van der Waals surface area contributed by atoms with Gasteiger partial charge in [-0.1, -0.05) is 12.1 Å². The highest BCUT2D eigenvalue weighted by molar-refractivity contribution is 5.93. The van der Waals surface area contributed by atoms with Gasteiger partial charge in [-0.15, -0.1) is 0 Å². The molecule has 180 valence electrons. The number of anilines is 1. The third-order valence-electron chi connectivity index (χ3n) is 6.00. The van der Waals surface area contributed by atoms with Gasteiger partial charge >= 0.3 is 0 Å². The van der Waals surface area contributed by atoms with E-state index in [4.69, 9.17) is 9.51 Å². The number of ether oxygens (including phenoxy) is 1. The van der Waals surface area contributed by atoms with Crippen molar-refractivity contribution in [3.63, 3.8) is 0 Å². The van der Waals surface area contributed by atoms with E-state index < -0.39 is 0 Å². The molecule has 7 nitrogen and oxygen atoms in total. The van der Waals surface area contributed by atoms with Crippen LogP contribution < -0.4 is 10.2 Å². The van der Waals surface area contributed by atoms with Gasteiger partial charge < -0.3 is 19.5 Å². The lowest BCUT2D eigenvalue weighted by atomic mass is 9.95. The standard InChI is InChI=1S/C23H30FN5O.C2H6O/c1-6-8-25-17-7-9-29(14(3)12-17)22-20(23-26-16(5)28-30-23)15(4)18-10-13(2)11-19(24)21(18)27-22;1-3-2/h10-11,14,17,25H,6-9,12H2,1-5H3;1-2H3. The molecular formula is C25H36FN5O2. The highest BCUT2D eigenvalue weighted by Crippen LogP contribution is 2.39. The van der Waals surface area contributed by atoms with Gasteiger partial charge in [-0.05, 0) is 76.8 Å². The van der Waals surface area contributed by atoms with Crippen LogP contribution in [0.3, 0.4) is 0 Å². The van der Waals surface area contributed by atoms with Crippen molar-refractivity contribution in [2.24, 2.45) is 0 Å². The van der Waals surface area contributed by atoms with Crippen LogP contribution in [0.4, 0.5) is 10.2 Å². The summed E-state index contributed by atoms with van der Waals surface area (Å²) in [6.45, 7) is 11.9. The van der Waals surface area contributed by atoms with Crippen LogP contribution >= 0.6 is 0 Å². The maximum atomic E-state index is 14.9. The van der Waals surface area contributed by atoms with E-state index in [0.717, 1.165) is 60.2 Å². The van der Waals surface area contributed by atoms with E-state index in [1.807, 2.05) is 19.9 Å². The van der Waals surface area contributed by atoms with E-state index in [2.05, 4.69) is 38.9 Å². The van der Waals surface area contributed by atoms with Gasteiger partial charge in [0, 0.05) is 38.2 Å². The van der Waals surface area contributed by atoms with Crippen LogP contribution in [-0.2, 0) is 4.74 Å². The second-order valence-corrected chi connectivity index (χ2v) is 8.85. The highest BCUT2D eigenvalue weighted by Gasteiger charge is 2.31. The summed E-state index contributed by atoms with van der Waals surface area (Å²) in [5.74, 6) is 1.44. The minimum Gasteiger partial charge on any atom is -0.388 e. The summed E-state index contributed by atoms with van der Waals surface area (Å²) in [7, 11) is 3.25. The zero-order chi connectivity index (χ0) is 24.1. The molecule has 1 aliphatic heterocycles. The molecule has 0 saturated carbocycles. The molecular weight excluding hydrogens is 421 g/mol. The van der Waals surface area contributed by atoms with Crippen molar-refractivity contribution in [2.45, 2.75) is 66.0 Å². The average molecular weight is 458 g/mol. The molecule has 0 spiro atoms. The molecule has 1 saturated heterocycles. The predicted octanol–water partition coefficient (Wildman–Crippen LogP) is 4.97. The van der Waals surface area contributed by atoms with Gasteiger partial charge in [0.15, 0.2) is 5.82 Å². The normalized spacial score (nSPS) is 18.4. The number of methoxy groups -OCH3 is 1. The summed E-state index contributed by atoms with van der Waals surface area (Å²) in [6, 6.07) is 4.26. The van der Waals surface area contributed by atoms with Crippen molar-refractivity contribution in [1.29, 1.82) is 0 Å². The first-order valence-electron chi connectivity index (χ1n) is 11.6. The van der Waals surface area contributed by atoms with E-state index >= 15 is 0 Å². The first-order chi connectivity index (χ1) is 15.8. The number of benzene rings is 1. The first kappa shape index (κ1) is 25.1. The second-order valence-electron chi connectivity index (χ2n) is 8.85. The van der Waals surface area contributed by atoms with Gasteiger partial charge in [-0.3, -0.25) is 0 Å². The van der Waals surface area contributed by atoms with Gasteiger partial charge in [0.2, 0.25) is 0 Å². The minimum atomic E-state index is -0.297. The number of hydrogen-bond donors (Lipinski definition) is 1. The largest absolute Gasteiger partial charge is 0.388 e. The van der Waals surface area contributed by atoms with E-state index in [-0.39, 0.29) is 11.9 Å². The van der Waals surface area contributed by atoms with Crippen LogP contribution in [0.15, 0.2) is 16.7 Å².